The zero-order chi connectivity index (χ0) is 28.9. The van der Waals surface area contributed by atoms with E-state index in [4.69, 9.17) is 34.7 Å². The minimum atomic E-state index is -4.48. The number of halogens is 5. The molecule has 1 aliphatic heterocycles. The molecule has 0 saturated carbocycles. The second-order valence-corrected chi connectivity index (χ2v) is 10.9. The van der Waals surface area contributed by atoms with Crippen LogP contribution in [0.1, 0.15) is 43.0 Å². The molecule has 214 valence electrons. The normalized spacial score (nSPS) is 15.8. The molecule has 2 atom stereocenters. The van der Waals surface area contributed by atoms with Gasteiger partial charge in [-0.25, -0.2) is 0 Å². The van der Waals surface area contributed by atoms with Gasteiger partial charge in [0.1, 0.15) is 6.04 Å². The van der Waals surface area contributed by atoms with E-state index in [1.54, 1.807) is 23.1 Å². The molecule has 2 aromatic carbocycles. The molecule has 0 spiro atoms. The van der Waals surface area contributed by atoms with E-state index >= 15 is 0 Å². The molecule has 0 aromatic heterocycles. The second-order valence-electron chi connectivity index (χ2n) is 10.1. The molecule has 1 aliphatic rings. The van der Waals surface area contributed by atoms with Gasteiger partial charge in [0, 0.05) is 54.4 Å². The number of amides is 2. The number of anilines is 1. The molecule has 0 aliphatic carbocycles. The summed E-state index contributed by atoms with van der Waals surface area (Å²) >= 11 is 12.3. The minimum absolute atomic E-state index is 0.147. The Morgan fingerprint density at radius 3 is 2.28 bits per heavy atom. The molecule has 0 radical (unpaired) electrons. The number of piperazine rings is 1. The van der Waals surface area contributed by atoms with Crippen molar-refractivity contribution in [3.05, 3.63) is 63.1 Å². The van der Waals surface area contributed by atoms with Crippen LogP contribution >= 0.6 is 23.2 Å². The Labute approximate surface area is 236 Å². The summed E-state index contributed by atoms with van der Waals surface area (Å²) in [5.41, 5.74) is 12.8. The van der Waals surface area contributed by atoms with Crippen LogP contribution in [0.15, 0.2) is 36.4 Å². The lowest BCUT2D eigenvalue weighted by molar-refractivity contribution is -0.137. The number of carbonyl (C=O) groups excluding carboxylic acids is 2. The van der Waals surface area contributed by atoms with Crippen molar-refractivity contribution in [3.8, 4) is 0 Å². The van der Waals surface area contributed by atoms with Crippen LogP contribution in [0, 0.1) is 5.92 Å². The first-order chi connectivity index (χ1) is 18.3. The average molecular weight is 589 g/mol. The van der Waals surface area contributed by atoms with Gasteiger partial charge in [0.05, 0.1) is 12.1 Å². The Hall–Kier alpha value is -2.53. The van der Waals surface area contributed by atoms with Crippen LogP contribution in [-0.2, 0) is 22.2 Å². The zero-order valence-corrected chi connectivity index (χ0v) is 23.4. The summed E-state index contributed by atoms with van der Waals surface area (Å²) in [4.78, 5) is 29.1. The number of alkyl halides is 3. The van der Waals surface area contributed by atoms with Crippen LogP contribution in [0.4, 0.5) is 18.9 Å². The molecule has 7 nitrogen and oxygen atoms in total. The molecule has 1 fully saturated rings. The summed E-state index contributed by atoms with van der Waals surface area (Å²) in [5, 5.41) is 3.50. The van der Waals surface area contributed by atoms with Crippen LogP contribution in [0.2, 0.25) is 10.0 Å². The van der Waals surface area contributed by atoms with Crippen molar-refractivity contribution < 1.29 is 22.8 Å². The molecule has 39 heavy (non-hydrogen) atoms. The van der Waals surface area contributed by atoms with Gasteiger partial charge in [-0.15, -0.1) is 0 Å². The molecule has 12 heteroatoms. The number of nitrogens with zero attached hydrogens (tertiary/aromatic N) is 2. The number of carbonyl (C=O) groups is 2. The summed E-state index contributed by atoms with van der Waals surface area (Å²) in [7, 11) is 0. The van der Waals surface area contributed by atoms with Crippen molar-refractivity contribution >= 4 is 40.7 Å². The van der Waals surface area contributed by atoms with Gasteiger partial charge in [0.2, 0.25) is 11.8 Å². The third-order valence-corrected chi connectivity index (χ3v) is 7.26. The fraction of sp³-hybridized carbons (Fsp3) is 0.481. The number of nitrogens with one attached hydrogen (secondary N) is 1. The van der Waals surface area contributed by atoms with Gasteiger partial charge in [0.25, 0.3) is 0 Å². The van der Waals surface area contributed by atoms with Gasteiger partial charge < -0.3 is 26.6 Å². The SMILES string of the molecule is CC(C)C[C@H](N)c1cc(C(F)(F)F)ccc1N1CCN(C(=O)[C@@H](Cc2ccc(Cl)cc2Cl)NC(=O)CN)CC1. The maximum Gasteiger partial charge on any atom is 0.416 e. The first-order valence-corrected chi connectivity index (χ1v) is 13.5. The lowest BCUT2D eigenvalue weighted by Gasteiger charge is -2.39. The number of benzene rings is 2. The molecular formula is C27H34Cl2F3N5O2. The summed E-state index contributed by atoms with van der Waals surface area (Å²) < 4.78 is 40.3. The standard InChI is InChI=1S/C27H34Cl2F3N5O2/c1-16(2)11-22(34)20-13-18(27(30,31)32)4-6-24(20)36-7-9-37(10-8-36)26(39)23(35-25(38)15-33)12-17-3-5-19(28)14-21(17)29/h3-6,13-14,16,22-23H,7-12,15,33-34H2,1-2H3,(H,35,38)/t22-,23+/m0/s1. The van der Waals surface area contributed by atoms with E-state index < -0.39 is 29.7 Å². The molecule has 5 N–H and O–H groups in total. The van der Waals surface area contributed by atoms with Crippen LogP contribution in [0.3, 0.4) is 0 Å². The topological polar surface area (TPSA) is 105 Å². The number of nitrogens with two attached hydrogens (primary N) is 2. The number of hydrogen-bond donors (Lipinski definition) is 3. The van der Waals surface area contributed by atoms with Gasteiger partial charge in [0.15, 0.2) is 0 Å². The molecule has 3 rings (SSSR count). The maximum atomic E-state index is 13.5. The van der Waals surface area contributed by atoms with E-state index in [9.17, 15) is 22.8 Å². The highest BCUT2D eigenvalue weighted by Gasteiger charge is 2.34. The van der Waals surface area contributed by atoms with Crippen molar-refractivity contribution in [2.75, 3.05) is 37.6 Å². The highest BCUT2D eigenvalue weighted by Crippen LogP contribution is 2.36. The van der Waals surface area contributed by atoms with Crippen LogP contribution in [0.5, 0.6) is 0 Å². The third kappa shape index (κ3) is 8.23. The lowest BCUT2D eigenvalue weighted by Crippen LogP contribution is -2.56. The minimum Gasteiger partial charge on any atom is -0.368 e. The monoisotopic (exact) mass is 587 g/mol. The number of rotatable bonds is 9. The highest BCUT2D eigenvalue weighted by atomic mass is 35.5. The Bertz CT molecular complexity index is 1170. The van der Waals surface area contributed by atoms with Crippen molar-refractivity contribution in [2.24, 2.45) is 17.4 Å². The summed E-state index contributed by atoms with van der Waals surface area (Å²) in [6.45, 7) is 5.04. The molecule has 0 unspecified atom stereocenters. The van der Waals surface area contributed by atoms with Crippen LogP contribution < -0.4 is 21.7 Å². The second kappa shape index (κ2) is 13.2. The van der Waals surface area contributed by atoms with Gasteiger partial charge >= 0.3 is 6.18 Å². The highest BCUT2D eigenvalue weighted by molar-refractivity contribution is 6.35. The molecule has 1 saturated heterocycles. The first kappa shape index (κ1) is 31.0. The van der Waals surface area contributed by atoms with E-state index in [0.717, 1.165) is 12.1 Å². The lowest BCUT2D eigenvalue weighted by atomic mass is 9.94. The fourth-order valence-electron chi connectivity index (χ4n) is 4.70. The van der Waals surface area contributed by atoms with Crippen molar-refractivity contribution in [2.45, 2.75) is 44.9 Å². The summed E-state index contributed by atoms with van der Waals surface area (Å²) in [6, 6.07) is 7.11. The van der Waals surface area contributed by atoms with Crippen molar-refractivity contribution in [1.29, 1.82) is 0 Å². The molecular weight excluding hydrogens is 554 g/mol. The Morgan fingerprint density at radius 2 is 1.72 bits per heavy atom. The summed E-state index contributed by atoms with van der Waals surface area (Å²) in [5.74, 6) is -0.580. The Morgan fingerprint density at radius 1 is 1.05 bits per heavy atom. The Balaban J connectivity index is 1.78. The smallest absolute Gasteiger partial charge is 0.368 e. The van der Waals surface area contributed by atoms with Gasteiger partial charge in [-0.3, -0.25) is 9.59 Å². The van der Waals surface area contributed by atoms with Crippen molar-refractivity contribution in [3.63, 3.8) is 0 Å². The number of hydrogen-bond acceptors (Lipinski definition) is 5. The largest absolute Gasteiger partial charge is 0.416 e. The van der Waals surface area contributed by atoms with E-state index in [-0.39, 0.29) is 24.8 Å². The predicted molar refractivity (Wildman–Crippen MR) is 148 cm³/mol. The predicted octanol–water partition coefficient (Wildman–Crippen LogP) is 4.39. The van der Waals surface area contributed by atoms with E-state index in [0.29, 0.717) is 59.5 Å². The van der Waals surface area contributed by atoms with E-state index in [2.05, 4.69) is 5.32 Å². The van der Waals surface area contributed by atoms with E-state index in [1.807, 2.05) is 18.7 Å². The first-order valence-electron chi connectivity index (χ1n) is 12.7. The zero-order valence-electron chi connectivity index (χ0n) is 21.9. The molecule has 0 bridgehead atoms. The van der Waals surface area contributed by atoms with Gasteiger partial charge in [-0.1, -0.05) is 43.1 Å². The average Bonchev–Trinajstić information content (AvgIpc) is 2.88. The summed E-state index contributed by atoms with van der Waals surface area (Å²) in [6.07, 6.45) is -3.80. The van der Waals surface area contributed by atoms with Gasteiger partial charge in [-0.05, 0) is 53.8 Å². The quantitative estimate of drug-likeness (QED) is 0.403. The molecule has 2 amide bonds. The fourth-order valence-corrected chi connectivity index (χ4v) is 5.18. The van der Waals surface area contributed by atoms with Gasteiger partial charge in [-0.2, -0.15) is 13.2 Å². The van der Waals surface area contributed by atoms with Crippen LogP contribution in [-0.4, -0.2) is 55.5 Å². The molecule has 2 aromatic rings. The molecule has 1 heterocycles. The van der Waals surface area contributed by atoms with E-state index in [1.165, 1.54) is 6.07 Å². The Kier molecular flexibility index (Phi) is 10.5. The van der Waals surface area contributed by atoms with Crippen molar-refractivity contribution in [1.82, 2.24) is 10.2 Å². The van der Waals surface area contributed by atoms with Crippen LogP contribution in [0.25, 0.3) is 0 Å². The third-order valence-electron chi connectivity index (χ3n) is 6.67. The maximum absolute atomic E-state index is 13.5.